The van der Waals surface area contributed by atoms with Gasteiger partial charge < -0.3 is 5.32 Å². The van der Waals surface area contributed by atoms with Crippen molar-refractivity contribution in [2.75, 3.05) is 7.05 Å². The third-order valence-corrected chi connectivity index (χ3v) is 3.82. The van der Waals surface area contributed by atoms with Gasteiger partial charge in [-0.1, -0.05) is 22.0 Å². The zero-order chi connectivity index (χ0) is 13.8. The molecule has 0 saturated heterocycles. The molecule has 0 saturated carbocycles. The Bertz CT molecular complexity index is 553. The van der Waals surface area contributed by atoms with Crippen LogP contribution in [0.5, 0.6) is 0 Å². The molecule has 1 unspecified atom stereocenters. The highest BCUT2D eigenvalue weighted by atomic mass is 79.9. The fourth-order valence-corrected chi connectivity index (χ4v) is 2.70. The van der Waals surface area contributed by atoms with Gasteiger partial charge in [-0.3, -0.25) is 4.68 Å². The van der Waals surface area contributed by atoms with Crippen molar-refractivity contribution in [2.24, 2.45) is 0 Å². The maximum atomic E-state index is 13.1. The van der Waals surface area contributed by atoms with E-state index in [0.717, 1.165) is 28.6 Å². The lowest BCUT2D eigenvalue weighted by molar-refractivity contribution is 0.582. The van der Waals surface area contributed by atoms with Crippen LogP contribution in [0.25, 0.3) is 0 Å². The molecule has 0 aliphatic rings. The molecule has 3 nitrogen and oxygen atoms in total. The third-order valence-electron chi connectivity index (χ3n) is 3.14. The molecule has 102 valence electrons. The van der Waals surface area contributed by atoms with Gasteiger partial charge in [-0.25, -0.2) is 4.39 Å². The van der Waals surface area contributed by atoms with E-state index in [-0.39, 0.29) is 11.9 Å². The summed E-state index contributed by atoms with van der Waals surface area (Å²) < 4.78 is 15.8. The monoisotopic (exact) mass is 325 g/mol. The van der Waals surface area contributed by atoms with Crippen LogP contribution in [-0.4, -0.2) is 16.8 Å². The van der Waals surface area contributed by atoms with E-state index < -0.39 is 0 Å². The number of halogens is 2. The van der Waals surface area contributed by atoms with Crippen molar-refractivity contribution in [3.05, 3.63) is 52.0 Å². The van der Waals surface area contributed by atoms with Gasteiger partial charge in [0, 0.05) is 23.3 Å². The maximum absolute atomic E-state index is 13.1. The van der Waals surface area contributed by atoms with Crippen molar-refractivity contribution in [2.45, 2.75) is 25.9 Å². The van der Waals surface area contributed by atoms with Crippen molar-refractivity contribution in [3.63, 3.8) is 0 Å². The van der Waals surface area contributed by atoms with Crippen LogP contribution in [0.4, 0.5) is 4.39 Å². The topological polar surface area (TPSA) is 29.9 Å². The highest BCUT2D eigenvalue weighted by Crippen LogP contribution is 2.26. The summed E-state index contributed by atoms with van der Waals surface area (Å²) in [5.41, 5.74) is 2.21. The normalized spacial score (nSPS) is 12.6. The summed E-state index contributed by atoms with van der Waals surface area (Å²) in [5.74, 6) is -0.232. The van der Waals surface area contributed by atoms with Crippen LogP contribution >= 0.6 is 15.9 Å². The van der Waals surface area contributed by atoms with E-state index >= 15 is 0 Å². The number of hydrogen-bond acceptors (Lipinski definition) is 2. The Balaban J connectivity index is 2.19. The van der Waals surface area contributed by atoms with Gasteiger partial charge in [-0.15, -0.1) is 0 Å². The molecule has 1 N–H and O–H groups in total. The predicted molar refractivity (Wildman–Crippen MR) is 77.5 cm³/mol. The Morgan fingerprint density at radius 3 is 2.84 bits per heavy atom. The third kappa shape index (κ3) is 3.42. The van der Waals surface area contributed by atoms with Crippen molar-refractivity contribution < 1.29 is 4.39 Å². The Hall–Kier alpha value is -1.20. The molecule has 1 aromatic heterocycles. The summed E-state index contributed by atoms with van der Waals surface area (Å²) in [7, 11) is 1.91. The molecule has 0 fully saturated rings. The molecule has 1 aromatic carbocycles. The summed E-state index contributed by atoms with van der Waals surface area (Å²) in [6.45, 7) is 2.92. The lowest BCUT2D eigenvalue weighted by atomic mass is 10.0. The molecule has 1 heterocycles. The number of aryl methyl sites for hydroxylation is 1. The fraction of sp³-hybridized carbons (Fsp3) is 0.357. The lowest BCUT2D eigenvalue weighted by Gasteiger charge is -2.17. The Morgan fingerprint density at radius 2 is 2.26 bits per heavy atom. The Kier molecular flexibility index (Phi) is 4.71. The number of likely N-dealkylation sites (N-methyl/N-ethyl adjacent to an activating group) is 1. The highest BCUT2D eigenvalue weighted by Gasteiger charge is 2.14. The minimum absolute atomic E-state index is 0.129. The van der Waals surface area contributed by atoms with Gasteiger partial charge in [0.15, 0.2) is 0 Å². The van der Waals surface area contributed by atoms with Crippen molar-refractivity contribution >= 4 is 15.9 Å². The summed E-state index contributed by atoms with van der Waals surface area (Å²) >= 11 is 3.42. The first kappa shape index (κ1) is 14.2. The van der Waals surface area contributed by atoms with Gasteiger partial charge in [0.1, 0.15) is 5.82 Å². The number of hydrogen-bond donors (Lipinski definition) is 1. The first-order valence-electron chi connectivity index (χ1n) is 6.27. The van der Waals surface area contributed by atoms with Crippen molar-refractivity contribution in [1.29, 1.82) is 0 Å². The average Bonchev–Trinajstić information content (AvgIpc) is 2.84. The van der Waals surface area contributed by atoms with Crippen molar-refractivity contribution in [1.82, 2.24) is 15.1 Å². The van der Waals surface area contributed by atoms with E-state index in [1.807, 2.05) is 30.2 Å². The van der Waals surface area contributed by atoms with E-state index in [2.05, 4.69) is 33.3 Å². The molecule has 0 spiro atoms. The highest BCUT2D eigenvalue weighted by molar-refractivity contribution is 9.10. The minimum atomic E-state index is -0.232. The molecule has 19 heavy (non-hydrogen) atoms. The lowest BCUT2D eigenvalue weighted by Crippen LogP contribution is -2.19. The minimum Gasteiger partial charge on any atom is -0.313 e. The molecule has 0 aliphatic carbocycles. The van der Waals surface area contributed by atoms with Gasteiger partial charge in [0.2, 0.25) is 0 Å². The Labute approximate surface area is 121 Å². The molecule has 0 amide bonds. The average molecular weight is 326 g/mol. The van der Waals surface area contributed by atoms with E-state index in [1.165, 1.54) is 12.1 Å². The fourth-order valence-electron chi connectivity index (χ4n) is 2.07. The maximum Gasteiger partial charge on any atom is 0.124 e. The summed E-state index contributed by atoms with van der Waals surface area (Å²) in [6.07, 6.45) is 4.74. The second-order valence-corrected chi connectivity index (χ2v) is 5.27. The van der Waals surface area contributed by atoms with Crippen LogP contribution in [-0.2, 0) is 13.0 Å². The number of nitrogens with zero attached hydrogens (tertiary/aromatic N) is 2. The largest absolute Gasteiger partial charge is 0.313 e. The number of nitrogens with one attached hydrogen (secondary N) is 1. The second-order valence-electron chi connectivity index (χ2n) is 4.42. The molecular weight excluding hydrogens is 309 g/mol. The first-order chi connectivity index (χ1) is 9.13. The van der Waals surface area contributed by atoms with E-state index in [1.54, 1.807) is 0 Å². The standard InChI is InChI=1S/C14H17BrFN3/c1-3-19-9-10(8-18-19)6-14(17-2)12-5-4-11(16)7-13(12)15/h4-5,7-9,14,17H,3,6H2,1-2H3. The van der Waals surface area contributed by atoms with Crippen molar-refractivity contribution in [3.8, 4) is 0 Å². The van der Waals surface area contributed by atoms with Gasteiger partial charge in [0.25, 0.3) is 0 Å². The summed E-state index contributed by atoms with van der Waals surface area (Å²) in [6, 6.07) is 4.92. The quantitative estimate of drug-likeness (QED) is 0.914. The zero-order valence-corrected chi connectivity index (χ0v) is 12.6. The number of rotatable bonds is 5. The summed E-state index contributed by atoms with van der Waals surface area (Å²) in [5, 5.41) is 7.53. The van der Waals surface area contributed by atoms with Gasteiger partial charge in [-0.2, -0.15) is 5.10 Å². The zero-order valence-electron chi connectivity index (χ0n) is 11.0. The molecule has 5 heteroatoms. The second kappa shape index (κ2) is 6.30. The van der Waals surface area contributed by atoms with Crippen LogP contribution < -0.4 is 5.32 Å². The van der Waals surface area contributed by atoms with Crippen LogP contribution in [0.2, 0.25) is 0 Å². The summed E-state index contributed by atoms with van der Waals surface area (Å²) in [4.78, 5) is 0. The Morgan fingerprint density at radius 1 is 1.47 bits per heavy atom. The van der Waals surface area contributed by atoms with Gasteiger partial charge >= 0.3 is 0 Å². The van der Waals surface area contributed by atoms with Crippen LogP contribution in [0.15, 0.2) is 35.1 Å². The smallest absolute Gasteiger partial charge is 0.124 e. The van der Waals surface area contributed by atoms with Crippen LogP contribution in [0, 0.1) is 5.82 Å². The van der Waals surface area contributed by atoms with Gasteiger partial charge in [0.05, 0.1) is 6.20 Å². The van der Waals surface area contributed by atoms with E-state index in [0.29, 0.717) is 0 Å². The molecule has 0 radical (unpaired) electrons. The van der Waals surface area contributed by atoms with Gasteiger partial charge in [-0.05, 0) is 43.7 Å². The molecular formula is C14H17BrFN3. The first-order valence-corrected chi connectivity index (χ1v) is 7.07. The van der Waals surface area contributed by atoms with Crippen LogP contribution in [0.1, 0.15) is 24.1 Å². The van der Waals surface area contributed by atoms with E-state index in [4.69, 9.17) is 0 Å². The van der Waals surface area contributed by atoms with Crippen LogP contribution in [0.3, 0.4) is 0 Å². The number of benzene rings is 1. The SMILES string of the molecule is CCn1cc(CC(NC)c2ccc(F)cc2Br)cn1. The molecule has 0 aliphatic heterocycles. The molecule has 2 aromatic rings. The number of aromatic nitrogens is 2. The molecule has 1 atom stereocenters. The predicted octanol–water partition coefficient (Wildman–Crippen LogP) is 3.31. The van der Waals surface area contributed by atoms with E-state index in [9.17, 15) is 4.39 Å². The molecule has 0 bridgehead atoms. The molecule has 2 rings (SSSR count).